The molecule has 2 aromatic rings. The van der Waals surface area contributed by atoms with E-state index in [0.717, 1.165) is 44.0 Å². The fraction of sp³-hybridized carbons (Fsp3) is 0.500. The van der Waals surface area contributed by atoms with Gasteiger partial charge in [-0.2, -0.15) is 0 Å². The molecular weight excluding hydrogens is 302 g/mol. The molecule has 3 heterocycles. The van der Waals surface area contributed by atoms with Gasteiger partial charge in [0.05, 0.1) is 7.11 Å². The Hall–Kier alpha value is -2.21. The molecular formula is C18H25N5O. The predicted octanol–water partition coefficient (Wildman–Crippen LogP) is 2.29. The Morgan fingerprint density at radius 1 is 1.21 bits per heavy atom. The first-order chi connectivity index (χ1) is 11.7. The van der Waals surface area contributed by atoms with Gasteiger partial charge in [0.15, 0.2) is 0 Å². The highest BCUT2D eigenvalue weighted by Crippen LogP contribution is 2.21. The van der Waals surface area contributed by atoms with Crippen molar-refractivity contribution >= 4 is 5.82 Å². The fourth-order valence-corrected chi connectivity index (χ4v) is 3.17. The number of aryl methyl sites for hydroxylation is 1. The number of methoxy groups -OCH3 is 1. The summed E-state index contributed by atoms with van der Waals surface area (Å²) >= 11 is 0. The van der Waals surface area contributed by atoms with Gasteiger partial charge in [-0.1, -0.05) is 6.07 Å². The van der Waals surface area contributed by atoms with Crippen LogP contribution in [0.2, 0.25) is 0 Å². The van der Waals surface area contributed by atoms with Crippen molar-refractivity contribution in [2.75, 3.05) is 32.1 Å². The summed E-state index contributed by atoms with van der Waals surface area (Å²) in [5.74, 6) is 1.68. The third kappa shape index (κ3) is 4.00. The molecule has 0 aromatic carbocycles. The summed E-state index contributed by atoms with van der Waals surface area (Å²) in [7, 11) is 3.78. The van der Waals surface area contributed by atoms with Crippen molar-refractivity contribution in [3.05, 3.63) is 42.0 Å². The van der Waals surface area contributed by atoms with Crippen LogP contribution in [0.1, 0.15) is 24.1 Å². The SMILES string of the molecule is COc1ccc(CN2CCC(N(C)c3cc(C)ncn3)CC2)cn1. The molecule has 0 atom stereocenters. The molecule has 1 aliphatic heterocycles. The highest BCUT2D eigenvalue weighted by Gasteiger charge is 2.23. The van der Waals surface area contributed by atoms with Crippen LogP contribution in [-0.4, -0.2) is 53.1 Å². The maximum atomic E-state index is 5.11. The molecule has 1 aliphatic rings. The van der Waals surface area contributed by atoms with Gasteiger partial charge in [-0.25, -0.2) is 15.0 Å². The first kappa shape index (κ1) is 16.6. The zero-order valence-electron chi connectivity index (χ0n) is 14.6. The van der Waals surface area contributed by atoms with Crippen LogP contribution in [0.4, 0.5) is 5.82 Å². The molecule has 6 heteroatoms. The quantitative estimate of drug-likeness (QED) is 0.840. The van der Waals surface area contributed by atoms with Crippen LogP contribution in [0.5, 0.6) is 5.88 Å². The number of nitrogens with zero attached hydrogens (tertiary/aromatic N) is 5. The molecule has 0 saturated carbocycles. The van der Waals surface area contributed by atoms with Gasteiger partial charge >= 0.3 is 0 Å². The lowest BCUT2D eigenvalue weighted by molar-refractivity contribution is 0.203. The lowest BCUT2D eigenvalue weighted by Gasteiger charge is -2.37. The van der Waals surface area contributed by atoms with Crippen molar-refractivity contribution in [2.45, 2.75) is 32.4 Å². The number of piperidine rings is 1. The van der Waals surface area contributed by atoms with Crippen molar-refractivity contribution < 1.29 is 4.74 Å². The highest BCUT2D eigenvalue weighted by molar-refractivity contribution is 5.39. The van der Waals surface area contributed by atoms with Crippen LogP contribution < -0.4 is 9.64 Å². The Morgan fingerprint density at radius 3 is 2.62 bits per heavy atom. The monoisotopic (exact) mass is 327 g/mol. The molecule has 1 saturated heterocycles. The minimum atomic E-state index is 0.532. The molecule has 24 heavy (non-hydrogen) atoms. The summed E-state index contributed by atoms with van der Waals surface area (Å²) in [5.41, 5.74) is 2.24. The zero-order chi connectivity index (χ0) is 16.9. The second-order valence-corrected chi connectivity index (χ2v) is 6.34. The lowest BCUT2D eigenvalue weighted by Crippen LogP contribution is -2.43. The van der Waals surface area contributed by atoms with Gasteiger partial charge in [0.25, 0.3) is 0 Å². The number of aromatic nitrogens is 3. The Bertz CT molecular complexity index is 653. The average molecular weight is 327 g/mol. The number of pyridine rings is 1. The number of ether oxygens (including phenoxy) is 1. The number of anilines is 1. The number of hydrogen-bond donors (Lipinski definition) is 0. The predicted molar refractivity (Wildman–Crippen MR) is 94.3 cm³/mol. The van der Waals surface area contributed by atoms with E-state index in [9.17, 15) is 0 Å². The summed E-state index contributed by atoms with van der Waals surface area (Å²) in [6.07, 6.45) is 5.83. The lowest BCUT2D eigenvalue weighted by atomic mass is 10.0. The molecule has 128 valence electrons. The molecule has 2 aromatic heterocycles. The number of likely N-dealkylation sites (tertiary alicyclic amines) is 1. The standard InChI is InChI=1S/C18H25N5O/c1-14-10-17(21-13-20-14)22(2)16-6-8-23(9-7-16)12-15-4-5-18(24-3)19-11-15/h4-5,10-11,13,16H,6-9,12H2,1-3H3. The Labute approximate surface area is 143 Å². The Morgan fingerprint density at radius 2 is 2.00 bits per heavy atom. The third-order valence-electron chi connectivity index (χ3n) is 4.67. The van der Waals surface area contributed by atoms with Crippen LogP contribution in [0, 0.1) is 6.92 Å². The van der Waals surface area contributed by atoms with Crippen LogP contribution in [0.15, 0.2) is 30.7 Å². The van der Waals surface area contributed by atoms with E-state index in [1.807, 2.05) is 19.2 Å². The van der Waals surface area contributed by atoms with Gasteiger partial charge in [0, 0.05) is 56.7 Å². The molecule has 6 nitrogen and oxygen atoms in total. The van der Waals surface area contributed by atoms with Gasteiger partial charge in [0.2, 0.25) is 5.88 Å². The maximum absolute atomic E-state index is 5.11. The van der Waals surface area contributed by atoms with Crippen molar-refractivity contribution in [3.63, 3.8) is 0 Å². The molecule has 1 fully saturated rings. The van der Waals surface area contributed by atoms with Crippen LogP contribution in [-0.2, 0) is 6.54 Å². The number of rotatable bonds is 5. The van der Waals surface area contributed by atoms with Crippen LogP contribution >= 0.6 is 0 Å². The summed E-state index contributed by atoms with van der Waals surface area (Å²) in [6.45, 7) is 5.13. The van der Waals surface area contributed by atoms with E-state index in [2.05, 4.69) is 43.9 Å². The van der Waals surface area contributed by atoms with Crippen molar-refractivity contribution in [3.8, 4) is 5.88 Å². The topological polar surface area (TPSA) is 54.4 Å². The van der Waals surface area contributed by atoms with Crippen molar-refractivity contribution in [1.82, 2.24) is 19.9 Å². The molecule has 0 N–H and O–H groups in total. The highest BCUT2D eigenvalue weighted by atomic mass is 16.5. The normalized spacial score (nSPS) is 16.1. The second-order valence-electron chi connectivity index (χ2n) is 6.34. The van der Waals surface area contributed by atoms with E-state index in [-0.39, 0.29) is 0 Å². The van der Waals surface area contributed by atoms with Gasteiger partial charge in [-0.15, -0.1) is 0 Å². The first-order valence-electron chi connectivity index (χ1n) is 8.38. The summed E-state index contributed by atoms with van der Waals surface area (Å²) in [4.78, 5) is 17.6. The summed E-state index contributed by atoms with van der Waals surface area (Å²) in [6, 6.07) is 6.60. The average Bonchev–Trinajstić information content (AvgIpc) is 2.62. The van der Waals surface area contributed by atoms with Gasteiger partial charge < -0.3 is 9.64 Å². The zero-order valence-corrected chi connectivity index (χ0v) is 14.6. The maximum Gasteiger partial charge on any atom is 0.212 e. The van der Waals surface area contributed by atoms with Gasteiger partial charge in [0.1, 0.15) is 12.1 Å². The molecule has 0 radical (unpaired) electrons. The molecule has 0 spiro atoms. The van der Waals surface area contributed by atoms with Gasteiger partial charge in [-0.05, 0) is 25.3 Å². The third-order valence-corrected chi connectivity index (χ3v) is 4.67. The molecule has 0 unspecified atom stereocenters. The van der Waals surface area contributed by atoms with Crippen molar-refractivity contribution in [1.29, 1.82) is 0 Å². The van der Waals surface area contributed by atoms with Crippen LogP contribution in [0.25, 0.3) is 0 Å². The molecule has 0 aliphatic carbocycles. The van der Waals surface area contributed by atoms with E-state index >= 15 is 0 Å². The number of hydrogen-bond acceptors (Lipinski definition) is 6. The summed E-state index contributed by atoms with van der Waals surface area (Å²) in [5, 5.41) is 0. The van der Waals surface area contributed by atoms with Gasteiger partial charge in [-0.3, -0.25) is 4.90 Å². The molecule has 0 bridgehead atoms. The van der Waals surface area contributed by atoms with E-state index in [1.54, 1.807) is 13.4 Å². The van der Waals surface area contributed by atoms with Crippen LogP contribution in [0.3, 0.4) is 0 Å². The first-order valence-corrected chi connectivity index (χ1v) is 8.38. The van der Waals surface area contributed by atoms with Crippen molar-refractivity contribution in [2.24, 2.45) is 0 Å². The smallest absolute Gasteiger partial charge is 0.212 e. The van der Waals surface area contributed by atoms with E-state index < -0.39 is 0 Å². The Kier molecular flexibility index (Phi) is 5.25. The fourth-order valence-electron chi connectivity index (χ4n) is 3.17. The van der Waals surface area contributed by atoms with E-state index in [1.165, 1.54) is 5.56 Å². The molecule has 3 rings (SSSR count). The largest absolute Gasteiger partial charge is 0.481 e. The molecule has 0 amide bonds. The summed E-state index contributed by atoms with van der Waals surface area (Å²) < 4.78 is 5.11. The van der Waals surface area contributed by atoms with E-state index in [4.69, 9.17) is 4.74 Å². The van der Waals surface area contributed by atoms with E-state index in [0.29, 0.717) is 11.9 Å². The Balaban J connectivity index is 1.53. The minimum absolute atomic E-state index is 0.532. The minimum Gasteiger partial charge on any atom is -0.481 e. The second kappa shape index (κ2) is 7.57.